The van der Waals surface area contributed by atoms with Crippen LogP contribution in [0.2, 0.25) is 0 Å². The molecule has 1 fully saturated rings. The van der Waals surface area contributed by atoms with Crippen LogP contribution in [0.5, 0.6) is 0 Å². The number of nitrogens with zero attached hydrogens (tertiary/aromatic N) is 3. The van der Waals surface area contributed by atoms with E-state index in [1.807, 2.05) is 37.5 Å². The molecule has 5 nitrogen and oxygen atoms in total. The maximum absolute atomic E-state index is 12.0. The van der Waals surface area contributed by atoms with Gasteiger partial charge in [0.1, 0.15) is 0 Å². The van der Waals surface area contributed by atoms with Crippen molar-refractivity contribution in [3.8, 4) is 11.3 Å². The van der Waals surface area contributed by atoms with E-state index in [4.69, 9.17) is 0 Å². The molecule has 1 saturated carbocycles. The van der Waals surface area contributed by atoms with E-state index in [1.54, 1.807) is 4.68 Å². The number of aromatic amines is 1. The van der Waals surface area contributed by atoms with E-state index in [9.17, 15) is 4.79 Å². The molecular formula is C15H14N4O. The van der Waals surface area contributed by atoms with E-state index < -0.39 is 0 Å². The van der Waals surface area contributed by atoms with Gasteiger partial charge < -0.3 is 0 Å². The Kier molecular flexibility index (Phi) is 2.30. The number of H-pyrrole nitrogens is 1. The van der Waals surface area contributed by atoms with E-state index in [2.05, 4.69) is 15.3 Å². The fourth-order valence-electron chi connectivity index (χ4n) is 2.58. The van der Waals surface area contributed by atoms with E-state index >= 15 is 0 Å². The average Bonchev–Trinajstić information content (AvgIpc) is 3.20. The summed E-state index contributed by atoms with van der Waals surface area (Å²) in [7, 11) is 1.88. The van der Waals surface area contributed by atoms with Crippen molar-refractivity contribution in [3.05, 3.63) is 46.5 Å². The van der Waals surface area contributed by atoms with E-state index in [-0.39, 0.29) is 5.56 Å². The zero-order valence-electron chi connectivity index (χ0n) is 11.1. The lowest BCUT2D eigenvalue weighted by molar-refractivity contribution is 0.771. The first kappa shape index (κ1) is 11.4. The molecule has 0 spiro atoms. The molecule has 20 heavy (non-hydrogen) atoms. The van der Waals surface area contributed by atoms with Crippen molar-refractivity contribution >= 4 is 10.8 Å². The minimum atomic E-state index is -0.137. The van der Waals surface area contributed by atoms with Gasteiger partial charge in [0, 0.05) is 30.1 Å². The topological polar surface area (TPSA) is 63.6 Å². The summed E-state index contributed by atoms with van der Waals surface area (Å²) in [6.07, 6.45) is 4.22. The van der Waals surface area contributed by atoms with Crippen molar-refractivity contribution in [2.75, 3.05) is 0 Å². The van der Waals surface area contributed by atoms with Gasteiger partial charge in [-0.3, -0.25) is 9.48 Å². The summed E-state index contributed by atoms with van der Waals surface area (Å²) in [5, 5.41) is 12.9. The van der Waals surface area contributed by atoms with Crippen LogP contribution in [-0.4, -0.2) is 20.0 Å². The molecule has 5 heteroatoms. The van der Waals surface area contributed by atoms with Gasteiger partial charge in [-0.05, 0) is 25.0 Å². The second-order valence-corrected chi connectivity index (χ2v) is 5.35. The van der Waals surface area contributed by atoms with Gasteiger partial charge in [-0.2, -0.15) is 10.2 Å². The maximum Gasteiger partial charge on any atom is 0.272 e. The Morgan fingerprint density at radius 1 is 1.25 bits per heavy atom. The molecule has 1 N–H and O–H groups in total. The standard InChI is InChI=1S/C15H14N4O/c1-19-7-6-13(18-19)10-4-5-11-12(8-10)15(20)17-16-14(11)9-2-3-9/h4-9H,2-3H2,1H3,(H,17,20). The third-order valence-electron chi connectivity index (χ3n) is 3.79. The van der Waals surface area contributed by atoms with Crippen LogP contribution >= 0.6 is 0 Å². The lowest BCUT2D eigenvalue weighted by Crippen LogP contribution is -2.10. The second-order valence-electron chi connectivity index (χ2n) is 5.35. The van der Waals surface area contributed by atoms with Gasteiger partial charge in [-0.15, -0.1) is 0 Å². The highest BCUT2D eigenvalue weighted by Gasteiger charge is 2.27. The predicted molar refractivity (Wildman–Crippen MR) is 76.5 cm³/mol. The van der Waals surface area contributed by atoms with E-state index in [0.29, 0.717) is 11.3 Å². The van der Waals surface area contributed by atoms with Crippen molar-refractivity contribution in [1.82, 2.24) is 20.0 Å². The quantitative estimate of drug-likeness (QED) is 0.773. The van der Waals surface area contributed by atoms with Crippen molar-refractivity contribution in [3.63, 3.8) is 0 Å². The average molecular weight is 266 g/mol. The molecule has 0 saturated heterocycles. The van der Waals surface area contributed by atoms with E-state index in [0.717, 1.165) is 35.2 Å². The maximum atomic E-state index is 12.0. The predicted octanol–water partition coefficient (Wildman–Crippen LogP) is 2.20. The summed E-state index contributed by atoms with van der Waals surface area (Å²) in [6.45, 7) is 0. The van der Waals surface area contributed by atoms with Gasteiger partial charge in [-0.1, -0.05) is 12.1 Å². The van der Waals surface area contributed by atoms with Gasteiger partial charge in [0.05, 0.1) is 16.8 Å². The van der Waals surface area contributed by atoms with Crippen molar-refractivity contribution in [1.29, 1.82) is 0 Å². The van der Waals surface area contributed by atoms with Crippen LogP contribution in [0.1, 0.15) is 24.5 Å². The molecule has 0 aliphatic heterocycles. The van der Waals surface area contributed by atoms with Gasteiger partial charge >= 0.3 is 0 Å². The lowest BCUT2D eigenvalue weighted by atomic mass is 10.0. The van der Waals surface area contributed by atoms with Crippen LogP contribution in [-0.2, 0) is 7.05 Å². The molecule has 0 bridgehead atoms. The Hall–Kier alpha value is -2.43. The number of hydrogen-bond donors (Lipinski definition) is 1. The summed E-state index contributed by atoms with van der Waals surface area (Å²) >= 11 is 0. The molecule has 100 valence electrons. The van der Waals surface area contributed by atoms with Crippen LogP contribution in [0.4, 0.5) is 0 Å². The number of hydrogen-bond acceptors (Lipinski definition) is 3. The third-order valence-corrected chi connectivity index (χ3v) is 3.79. The molecule has 1 aliphatic rings. The minimum absolute atomic E-state index is 0.137. The normalized spacial score (nSPS) is 14.8. The van der Waals surface area contributed by atoms with Crippen molar-refractivity contribution < 1.29 is 0 Å². The Morgan fingerprint density at radius 3 is 2.80 bits per heavy atom. The number of benzene rings is 1. The van der Waals surface area contributed by atoms with Crippen LogP contribution in [0, 0.1) is 0 Å². The first-order valence-electron chi connectivity index (χ1n) is 6.75. The summed E-state index contributed by atoms with van der Waals surface area (Å²) in [6, 6.07) is 7.86. The second kappa shape index (κ2) is 4.03. The molecule has 0 atom stereocenters. The number of rotatable bonds is 2. The molecule has 0 unspecified atom stereocenters. The molecule has 1 aromatic carbocycles. The molecule has 2 heterocycles. The fourth-order valence-corrected chi connectivity index (χ4v) is 2.58. The summed E-state index contributed by atoms with van der Waals surface area (Å²) in [4.78, 5) is 12.0. The van der Waals surface area contributed by atoms with Crippen molar-refractivity contribution in [2.24, 2.45) is 7.05 Å². The highest BCUT2D eigenvalue weighted by atomic mass is 16.1. The molecular weight excluding hydrogens is 252 g/mol. The monoisotopic (exact) mass is 266 g/mol. The van der Waals surface area contributed by atoms with Crippen LogP contribution in [0.3, 0.4) is 0 Å². The first-order chi connectivity index (χ1) is 9.72. The number of aromatic nitrogens is 4. The largest absolute Gasteiger partial charge is 0.275 e. The van der Waals surface area contributed by atoms with E-state index in [1.165, 1.54) is 0 Å². The SMILES string of the molecule is Cn1ccc(-c2ccc3c(C4CC4)n[nH]c(=O)c3c2)n1. The summed E-state index contributed by atoms with van der Waals surface area (Å²) < 4.78 is 1.76. The van der Waals surface area contributed by atoms with Crippen molar-refractivity contribution in [2.45, 2.75) is 18.8 Å². The fraction of sp³-hybridized carbons (Fsp3) is 0.267. The molecule has 2 aromatic heterocycles. The zero-order chi connectivity index (χ0) is 13.7. The highest BCUT2D eigenvalue weighted by molar-refractivity contribution is 5.88. The third kappa shape index (κ3) is 1.74. The summed E-state index contributed by atoms with van der Waals surface area (Å²) in [5.74, 6) is 0.509. The first-order valence-corrected chi connectivity index (χ1v) is 6.75. The Bertz CT molecular complexity index is 858. The Labute approximate surface area is 115 Å². The molecule has 3 aromatic rings. The molecule has 0 amide bonds. The summed E-state index contributed by atoms with van der Waals surface area (Å²) in [5.41, 5.74) is 2.71. The minimum Gasteiger partial charge on any atom is -0.275 e. The van der Waals surface area contributed by atoms with Crippen LogP contribution < -0.4 is 5.56 Å². The van der Waals surface area contributed by atoms with Gasteiger partial charge in [0.25, 0.3) is 5.56 Å². The Morgan fingerprint density at radius 2 is 2.10 bits per heavy atom. The number of fused-ring (bicyclic) bond motifs is 1. The lowest BCUT2D eigenvalue weighted by Gasteiger charge is -2.05. The molecule has 4 rings (SSSR count). The highest BCUT2D eigenvalue weighted by Crippen LogP contribution is 2.41. The van der Waals surface area contributed by atoms with Gasteiger partial charge in [0.15, 0.2) is 0 Å². The Balaban J connectivity index is 1.95. The molecule has 0 radical (unpaired) electrons. The van der Waals surface area contributed by atoms with Gasteiger partial charge in [0.2, 0.25) is 0 Å². The van der Waals surface area contributed by atoms with Crippen LogP contribution in [0.15, 0.2) is 35.3 Å². The number of nitrogens with one attached hydrogen (secondary N) is 1. The van der Waals surface area contributed by atoms with Crippen LogP contribution in [0.25, 0.3) is 22.0 Å². The number of aryl methyl sites for hydroxylation is 1. The zero-order valence-corrected chi connectivity index (χ0v) is 11.1. The van der Waals surface area contributed by atoms with Gasteiger partial charge in [-0.25, -0.2) is 5.10 Å². The smallest absolute Gasteiger partial charge is 0.272 e. The molecule has 1 aliphatic carbocycles.